The van der Waals surface area contributed by atoms with Crippen LogP contribution in [0.2, 0.25) is 0 Å². The monoisotopic (exact) mass is 187 g/mol. The van der Waals surface area contributed by atoms with E-state index in [-0.39, 0.29) is 6.03 Å². The molecule has 0 saturated carbocycles. The Morgan fingerprint density at radius 3 is 2.54 bits per heavy atom. The number of carbonyl (C=O) groups is 1. The first-order chi connectivity index (χ1) is 6.22. The molecular weight excluding hydrogens is 166 g/mol. The van der Waals surface area contributed by atoms with Crippen LogP contribution in [-0.2, 0) is 0 Å². The van der Waals surface area contributed by atoms with Crippen molar-refractivity contribution in [3.63, 3.8) is 0 Å². The van der Waals surface area contributed by atoms with Gasteiger partial charge in [-0.25, -0.2) is 4.79 Å². The highest BCUT2D eigenvalue weighted by Gasteiger charge is 2.03. The molecule has 0 saturated heterocycles. The summed E-state index contributed by atoms with van der Waals surface area (Å²) in [5.41, 5.74) is 0. The number of nitrogens with one attached hydrogen (secondary N) is 2. The van der Waals surface area contributed by atoms with Crippen molar-refractivity contribution in [3.8, 4) is 0 Å². The van der Waals surface area contributed by atoms with Crippen LogP contribution in [0.5, 0.6) is 0 Å². The van der Waals surface area contributed by atoms with Crippen molar-refractivity contribution < 1.29 is 4.79 Å². The highest BCUT2D eigenvalue weighted by atomic mass is 16.2. The smallest absolute Gasteiger partial charge is 0.317 e. The molecule has 0 aliphatic rings. The number of rotatable bonds is 6. The van der Waals surface area contributed by atoms with Gasteiger partial charge in [-0.05, 0) is 26.4 Å². The molecule has 0 unspecified atom stereocenters. The molecule has 0 aliphatic heterocycles. The van der Waals surface area contributed by atoms with Crippen molar-refractivity contribution in [2.75, 3.05) is 33.2 Å². The molecular formula is C9H21N3O. The fourth-order valence-corrected chi connectivity index (χ4v) is 0.864. The summed E-state index contributed by atoms with van der Waals surface area (Å²) in [4.78, 5) is 12.9. The number of nitrogens with zero attached hydrogens (tertiary/aromatic N) is 1. The maximum absolute atomic E-state index is 11.2. The Hall–Kier alpha value is -0.770. The molecule has 78 valence electrons. The molecule has 13 heavy (non-hydrogen) atoms. The summed E-state index contributed by atoms with van der Waals surface area (Å²) in [7, 11) is 1.79. The lowest BCUT2D eigenvalue weighted by Gasteiger charge is -2.15. The Morgan fingerprint density at radius 2 is 2.00 bits per heavy atom. The van der Waals surface area contributed by atoms with Crippen molar-refractivity contribution >= 4 is 6.03 Å². The molecule has 0 rings (SSSR count). The second-order valence-corrected chi connectivity index (χ2v) is 2.95. The maximum atomic E-state index is 11.2. The van der Waals surface area contributed by atoms with Gasteiger partial charge < -0.3 is 15.5 Å². The Kier molecular flexibility index (Phi) is 7.39. The summed E-state index contributed by atoms with van der Waals surface area (Å²) in [6, 6.07) is 0.0130. The van der Waals surface area contributed by atoms with Crippen LogP contribution in [0.25, 0.3) is 0 Å². The van der Waals surface area contributed by atoms with Gasteiger partial charge in [0.2, 0.25) is 0 Å². The van der Waals surface area contributed by atoms with E-state index < -0.39 is 0 Å². The van der Waals surface area contributed by atoms with Gasteiger partial charge in [0.15, 0.2) is 0 Å². The van der Waals surface area contributed by atoms with E-state index in [4.69, 9.17) is 0 Å². The lowest BCUT2D eigenvalue weighted by Crippen LogP contribution is -2.38. The van der Waals surface area contributed by atoms with Crippen molar-refractivity contribution in [1.29, 1.82) is 0 Å². The van der Waals surface area contributed by atoms with Crippen molar-refractivity contribution in [1.82, 2.24) is 15.5 Å². The van der Waals surface area contributed by atoms with Gasteiger partial charge in [0.1, 0.15) is 0 Å². The van der Waals surface area contributed by atoms with E-state index >= 15 is 0 Å². The molecule has 0 radical (unpaired) electrons. The highest BCUT2D eigenvalue weighted by Crippen LogP contribution is 1.82. The number of amides is 2. The molecule has 2 N–H and O–H groups in total. The first-order valence-electron chi connectivity index (χ1n) is 4.92. The minimum absolute atomic E-state index is 0.0130. The van der Waals surface area contributed by atoms with Crippen LogP contribution in [0, 0.1) is 0 Å². The predicted molar refractivity (Wildman–Crippen MR) is 54.9 cm³/mol. The summed E-state index contributed by atoms with van der Waals surface area (Å²) >= 11 is 0. The molecule has 4 nitrogen and oxygen atoms in total. The predicted octanol–water partition coefficient (Wildman–Crippen LogP) is 0.647. The fourth-order valence-electron chi connectivity index (χ4n) is 0.864. The molecule has 0 aromatic heterocycles. The van der Waals surface area contributed by atoms with Gasteiger partial charge in [-0.15, -0.1) is 0 Å². The Balaban J connectivity index is 3.27. The van der Waals surface area contributed by atoms with Crippen molar-refractivity contribution in [3.05, 3.63) is 0 Å². The van der Waals surface area contributed by atoms with Crippen LogP contribution in [0.3, 0.4) is 0 Å². The van der Waals surface area contributed by atoms with Crippen LogP contribution < -0.4 is 10.6 Å². The van der Waals surface area contributed by atoms with Crippen LogP contribution in [-0.4, -0.2) is 44.2 Å². The van der Waals surface area contributed by atoms with E-state index in [9.17, 15) is 4.79 Å². The second kappa shape index (κ2) is 7.86. The minimum Gasteiger partial charge on any atom is -0.338 e. The topological polar surface area (TPSA) is 44.4 Å². The molecule has 0 aromatic carbocycles. The Morgan fingerprint density at radius 1 is 1.31 bits per heavy atom. The first-order valence-corrected chi connectivity index (χ1v) is 4.92. The van der Waals surface area contributed by atoms with Crippen molar-refractivity contribution in [2.45, 2.75) is 20.3 Å². The molecule has 0 spiro atoms. The normalized spacial score (nSPS) is 9.77. The van der Waals surface area contributed by atoms with Gasteiger partial charge in [-0.3, -0.25) is 0 Å². The maximum Gasteiger partial charge on any atom is 0.317 e. The average Bonchev–Trinajstić information content (AvgIpc) is 2.16. The zero-order valence-corrected chi connectivity index (χ0v) is 8.89. The summed E-state index contributed by atoms with van der Waals surface area (Å²) in [6.45, 7) is 7.48. The molecule has 0 aliphatic carbocycles. The third kappa shape index (κ3) is 6.40. The van der Waals surface area contributed by atoms with Crippen LogP contribution >= 0.6 is 0 Å². The molecule has 0 atom stereocenters. The summed E-state index contributed by atoms with van der Waals surface area (Å²) in [5.74, 6) is 0. The number of hydrogen-bond donors (Lipinski definition) is 2. The second-order valence-electron chi connectivity index (χ2n) is 2.95. The van der Waals surface area contributed by atoms with Crippen LogP contribution in [0.4, 0.5) is 4.79 Å². The van der Waals surface area contributed by atoms with E-state index in [2.05, 4.69) is 17.6 Å². The van der Waals surface area contributed by atoms with Gasteiger partial charge in [0.25, 0.3) is 0 Å². The first kappa shape index (κ1) is 12.2. The van der Waals surface area contributed by atoms with E-state index in [0.29, 0.717) is 0 Å². The summed E-state index contributed by atoms with van der Waals surface area (Å²) in [6.07, 6.45) is 0.983. The lowest BCUT2D eigenvalue weighted by atomic mass is 10.4. The zero-order chi connectivity index (χ0) is 10.1. The molecule has 0 heterocycles. The molecule has 0 aromatic rings. The van der Waals surface area contributed by atoms with E-state index in [1.807, 2.05) is 6.92 Å². The van der Waals surface area contributed by atoms with E-state index in [1.54, 1.807) is 11.9 Å². The largest absolute Gasteiger partial charge is 0.338 e. The Labute approximate surface area is 80.7 Å². The van der Waals surface area contributed by atoms with Gasteiger partial charge in [-0.2, -0.15) is 0 Å². The third-order valence-electron chi connectivity index (χ3n) is 1.88. The summed E-state index contributed by atoms with van der Waals surface area (Å²) < 4.78 is 0. The van der Waals surface area contributed by atoms with Crippen LogP contribution in [0.1, 0.15) is 20.3 Å². The number of hydrogen-bond acceptors (Lipinski definition) is 2. The van der Waals surface area contributed by atoms with Crippen LogP contribution in [0.15, 0.2) is 0 Å². The standard InChI is InChI=1S/C9H21N3O/c1-4-10-7-6-8-11-9(13)12(3)5-2/h10H,4-8H2,1-3H3,(H,11,13). The molecule has 4 heteroatoms. The lowest BCUT2D eigenvalue weighted by molar-refractivity contribution is 0.211. The number of urea groups is 1. The minimum atomic E-state index is 0.0130. The summed E-state index contributed by atoms with van der Waals surface area (Å²) in [5, 5.41) is 6.04. The van der Waals surface area contributed by atoms with Crippen molar-refractivity contribution in [2.24, 2.45) is 0 Å². The van der Waals surface area contributed by atoms with E-state index in [1.165, 1.54) is 0 Å². The Bertz CT molecular complexity index is 139. The average molecular weight is 187 g/mol. The fraction of sp³-hybridized carbons (Fsp3) is 0.889. The van der Waals surface area contributed by atoms with Gasteiger partial charge in [0.05, 0.1) is 0 Å². The molecule has 0 fully saturated rings. The molecule has 0 bridgehead atoms. The zero-order valence-electron chi connectivity index (χ0n) is 8.89. The van der Waals surface area contributed by atoms with Gasteiger partial charge in [0, 0.05) is 20.1 Å². The van der Waals surface area contributed by atoms with Gasteiger partial charge in [-0.1, -0.05) is 6.92 Å². The third-order valence-corrected chi connectivity index (χ3v) is 1.88. The van der Waals surface area contributed by atoms with Gasteiger partial charge >= 0.3 is 6.03 Å². The highest BCUT2D eigenvalue weighted by molar-refractivity contribution is 5.73. The SMILES string of the molecule is CCNCCCNC(=O)N(C)CC. The molecule has 2 amide bonds. The quantitative estimate of drug-likeness (QED) is 0.600. The number of carbonyl (C=O) groups excluding carboxylic acids is 1. The van der Waals surface area contributed by atoms with E-state index in [0.717, 1.165) is 32.6 Å².